The maximum absolute atomic E-state index is 13.0. The highest BCUT2D eigenvalue weighted by Gasteiger charge is 2.35. The third-order valence-corrected chi connectivity index (χ3v) is 6.52. The SMILES string of the molecule is C[C@H](C(=O)N1[C@@H](C)CCC[C@@H]1C)[NH+](C)CC(=O)Nc1ccc(N2CCOCC2)cc1. The molecular formula is C23H37N4O3+. The van der Waals surface area contributed by atoms with E-state index in [-0.39, 0.29) is 36.5 Å². The van der Waals surface area contributed by atoms with E-state index in [1.54, 1.807) is 0 Å². The Morgan fingerprint density at radius 3 is 2.33 bits per heavy atom. The molecule has 0 aromatic heterocycles. The lowest BCUT2D eigenvalue weighted by atomic mass is 9.96. The van der Waals surface area contributed by atoms with Gasteiger partial charge in [0.15, 0.2) is 12.6 Å². The number of hydrogen-bond donors (Lipinski definition) is 2. The zero-order chi connectivity index (χ0) is 21.7. The van der Waals surface area contributed by atoms with Crippen molar-refractivity contribution in [3.8, 4) is 0 Å². The van der Waals surface area contributed by atoms with Crippen LogP contribution in [0.3, 0.4) is 0 Å². The number of likely N-dealkylation sites (N-methyl/N-ethyl adjacent to an activating group) is 1. The van der Waals surface area contributed by atoms with Crippen molar-refractivity contribution < 1.29 is 19.2 Å². The molecule has 166 valence electrons. The largest absolute Gasteiger partial charge is 0.378 e. The Hall–Kier alpha value is -2.12. The predicted octanol–water partition coefficient (Wildman–Crippen LogP) is 1.15. The van der Waals surface area contributed by atoms with Crippen LogP contribution in [0.1, 0.15) is 40.0 Å². The molecule has 2 aliphatic rings. The number of nitrogens with zero attached hydrogens (tertiary/aromatic N) is 2. The van der Waals surface area contributed by atoms with Crippen molar-refractivity contribution >= 4 is 23.2 Å². The molecule has 0 bridgehead atoms. The smallest absolute Gasteiger partial charge is 0.281 e. The van der Waals surface area contributed by atoms with Gasteiger partial charge >= 0.3 is 0 Å². The van der Waals surface area contributed by atoms with Crippen molar-refractivity contribution in [3.63, 3.8) is 0 Å². The van der Waals surface area contributed by atoms with Crippen LogP contribution in [-0.2, 0) is 14.3 Å². The highest BCUT2D eigenvalue weighted by atomic mass is 16.5. The normalized spacial score (nSPS) is 24.3. The summed E-state index contributed by atoms with van der Waals surface area (Å²) in [7, 11) is 1.92. The van der Waals surface area contributed by atoms with E-state index >= 15 is 0 Å². The van der Waals surface area contributed by atoms with E-state index in [2.05, 4.69) is 24.1 Å². The van der Waals surface area contributed by atoms with E-state index in [9.17, 15) is 9.59 Å². The van der Waals surface area contributed by atoms with E-state index in [0.717, 1.165) is 55.4 Å². The molecule has 0 radical (unpaired) electrons. The van der Waals surface area contributed by atoms with Crippen LogP contribution in [0, 0.1) is 0 Å². The molecule has 7 nitrogen and oxygen atoms in total. The number of quaternary nitrogens is 1. The van der Waals surface area contributed by atoms with Crippen molar-refractivity contribution in [2.75, 3.05) is 50.1 Å². The summed E-state index contributed by atoms with van der Waals surface area (Å²) in [6.07, 6.45) is 3.29. The third-order valence-electron chi connectivity index (χ3n) is 6.52. The first-order chi connectivity index (χ1) is 14.4. The average Bonchev–Trinajstić information content (AvgIpc) is 2.74. The van der Waals surface area contributed by atoms with Crippen molar-refractivity contribution in [2.45, 2.75) is 58.2 Å². The Morgan fingerprint density at radius 1 is 1.13 bits per heavy atom. The molecule has 30 heavy (non-hydrogen) atoms. The van der Waals surface area contributed by atoms with Gasteiger partial charge in [0.2, 0.25) is 0 Å². The second kappa shape index (κ2) is 10.3. The first-order valence-electron chi connectivity index (χ1n) is 11.2. The Kier molecular flexibility index (Phi) is 7.72. The van der Waals surface area contributed by atoms with Crippen LogP contribution in [0.2, 0.25) is 0 Å². The second-order valence-electron chi connectivity index (χ2n) is 8.81. The van der Waals surface area contributed by atoms with Crippen LogP contribution < -0.4 is 15.1 Å². The number of carbonyl (C=O) groups is 2. The molecule has 0 aliphatic carbocycles. The Bertz CT molecular complexity index is 708. The van der Waals surface area contributed by atoms with Crippen LogP contribution in [0.4, 0.5) is 11.4 Å². The molecule has 2 aliphatic heterocycles. The van der Waals surface area contributed by atoms with Crippen molar-refractivity contribution in [1.29, 1.82) is 0 Å². The van der Waals surface area contributed by atoms with E-state index in [0.29, 0.717) is 0 Å². The number of rotatable bonds is 6. The van der Waals surface area contributed by atoms with Gasteiger partial charge in [-0.3, -0.25) is 9.59 Å². The van der Waals surface area contributed by atoms with E-state index < -0.39 is 0 Å². The molecule has 1 aromatic carbocycles. The Morgan fingerprint density at radius 2 is 1.73 bits per heavy atom. The van der Waals surface area contributed by atoms with Crippen LogP contribution in [-0.4, -0.2) is 74.7 Å². The van der Waals surface area contributed by atoms with Crippen LogP contribution >= 0.6 is 0 Å². The summed E-state index contributed by atoms with van der Waals surface area (Å²) in [6.45, 7) is 9.72. The summed E-state index contributed by atoms with van der Waals surface area (Å²) in [4.78, 5) is 30.8. The van der Waals surface area contributed by atoms with Gasteiger partial charge in [-0.15, -0.1) is 0 Å². The number of anilines is 2. The topological polar surface area (TPSA) is 66.3 Å². The third kappa shape index (κ3) is 5.52. The van der Waals surface area contributed by atoms with Gasteiger partial charge in [-0.1, -0.05) is 0 Å². The standard InChI is InChI=1S/C23H36N4O3/c1-17-6-5-7-18(2)27(17)23(29)19(3)25(4)16-22(28)24-20-8-10-21(11-9-20)26-12-14-30-15-13-26/h8-11,17-19H,5-7,12-16H2,1-4H3,(H,24,28)/p+1/t17-,18-,19+/m0/s1. The molecule has 2 heterocycles. The fourth-order valence-corrected chi connectivity index (χ4v) is 4.48. The molecule has 2 amide bonds. The molecule has 1 unspecified atom stereocenters. The highest BCUT2D eigenvalue weighted by Crippen LogP contribution is 2.23. The zero-order valence-electron chi connectivity index (χ0n) is 18.8. The highest BCUT2D eigenvalue weighted by molar-refractivity contribution is 5.92. The number of nitrogens with one attached hydrogen (secondary N) is 2. The average molecular weight is 418 g/mol. The fraction of sp³-hybridized carbons (Fsp3) is 0.652. The summed E-state index contributed by atoms with van der Waals surface area (Å²) in [5.74, 6) is 0.0703. The van der Waals surface area contributed by atoms with Gasteiger partial charge < -0.3 is 24.8 Å². The van der Waals surface area contributed by atoms with Gasteiger partial charge in [0.25, 0.3) is 11.8 Å². The van der Waals surface area contributed by atoms with Crippen LogP contribution in [0.5, 0.6) is 0 Å². The molecule has 1 aromatic rings. The summed E-state index contributed by atoms with van der Waals surface area (Å²) in [6, 6.07) is 8.23. The van der Waals surface area contributed by atoms with E-state index in [1.807, 2.05) is 43.1 Å². The molecule has 3 rings (SSSR count). The first kappa shape index (κ1) is 22.6. The van der Waals surface area contributed by atoms with E-state index in [4.69, 9.17) is 4.74 Å². The molecule has 0 saturated carbocycles. The molecule has 0 spiro atoms. The summed E-state index contributed by atoms with van der Waals surface area (Å²) >= 11 is 0. The number of carbonyl (C=O) groups excluding carboxylic acids is 2. The zero-order valence-corrected chi connectivity index (χ0v) is 18.8. The summed E-state index contributed by atoms with van der Waals surface area (Å²) in [5.41, 5.74) is 1.92. The Balaban J connectivity index is 1.51. The number of ether oxygens (including phenoxy) is 1. The lowest BCUT2D eigenvalue weighted by Gasteiger charge is -2.40. The minimum Gasteiger partial charge on any atom is -0.378 e. The maximum Gasteiger partial charge on any atom is 0.281 e. The Labute approximate surface area is 180 Å². The lowest BCUT2D eigenvalue weighted by molar-refractivity contribution is -0.886. The number of piperidine rings is 1. The van der Waals surface area contributed by atoms with Crippen LogP contribution in [0.25, 0.3) is 0 Å². The lowest BCUT2D eigenvalue weighted by Crippen LogP contribution is -3.15. The molecule has 2 N–H and O–H groups in total. The van der Waals surface area contributed by atoms with Crippen LogP contribution in [0.15, 0.2) is 24.3 Å². The van der Waals surface area contributed by atoms with Gasteiger partial charge in [-0.25, -0.2) is 0 Å². The molecule has 2 saturated heterocycles. The van der Waals surface area contributed by atoms with Gasteiger partial charge in [0.1, 0.15) is 0 Å². The quantitative estimate of drug-likeness (QED) is 0.729. The minimum absolute atomic E-state index is 0.0778. The molecular weight excluding hydrogens is 380 g/mol. The van der Waals surface area contributed by atoms with Gasteiger partial charge in [-0.05, 0) is 64.3 Å². The first-order valence-corrected chi connectivity index (χ1v) is 11.2. The molecule has 2 fully saturated rings. The number of benzene rings is 1. The molecule has 7 heteroatoms. The van der Waals surface area contributed by atoms with Crippen molar-refractivity contribution in [2.24, 2.45) is 0 Å². The summed E-state index contributed by atoms with van der Waals surface area (Å²) in [5, 5.41) is 2.97. The summed E-state index contributed by atoms with van der Waals surface area (Å²) < 4.78 is 5.39. The number of amides is 2. The minimum atomic E-state index is -0.248. The predicted molar refractivity (Wildman–Crippen MR) is 119 cm³/mol. The monoisotopic (exact) mass is 417 g/mol. The van der Waals surface area contributed by atoms with Crippen molar-refractivity contribution in [1.82, 2.24) is 4.90 Å². The number of morpholine rings is 1. The van der Waals surface area contributed by atoms with E-state index in [1.165, 1.54) is 6.42 Å². The molecule has 4 atom stereocenters. The fourth-order valence-electron chi connectivity index (χ4n) is 4.48. The number of hydrogen-bond acceptors (Lipinski definition) is 4. The van der Waals surface area contributed by atoms with Gasteiger partial charge in [-0.2, -0.15) is 0 Å². The van der Waals surface area contributed by atoms with Gasteiger partial charge in [0, 0.05) is 36.5 Å². The number of likely N-dealkylation sites (tertiary alicyclic amines) is 1. The van der Waals surface area contributed by atoms with Crippen molar-refractivity contribution in [3.05, 3.63) is 24.3 Å². The second-order valence-corrected chi connectivity index (χ2v) is 8.81. The van der Waals surface area contributed by atoms with Gasteiger partial charge in [0.05, 0.1) is 20.3 Å². The maximum atomic E-state index is 13.0.